The summed E-state index contributed by atoms with van der Waals surface area (Å²) in [6.07, 6.45) is 0. The van der Waals surface area contributed by atoms with Crippen LogP contribution in [0.5, 0.6) is 0 Å². The summed E-state index contributed by atoms with van der Waals surface area (Å²) >= 11 is 11.2. The number of thiophene rings is 1. The van der Waals surface area contributed by atoms with Crippen molar-refractivity contribution in [2.24, 2.45) is 0 Å². The molecule has 2 aromatic heterocycles. The average Bonchev–Trinajstić information content (AvgIpc) is 3.26. The van der Waals surface area contributed by atoms with Gasteiger partial charge in [0, 0.05) is 20.1 Å². The van der Waals surface area contributed by atoms with E-state index >= 15 is 0 Å². The molecule has 2 heterocycles. The van der Waals surface area contributed by atoms with E-state index in [1.165, 1.54) is 11.3 Å². The Morgan fingerprint density at radius 2 is 1.85 bits per heavy atom. The third kappa shape index (κ3) is 3.43. The normalized spacial score (nSPS) is 11.0. The molecule has 130 valence electrons. The Labute approximate surface area is 167 Å². The van der Waals surface area contributed by atoms with Crippen LogP contribution in [-0.4, -0.2) is 5.91 Å². The van der Waals surface area contributed by atoms with Gasteiger partial charge in [0.2, 0.25) is 0 Å². The van der Waals surface area contributed by atoms with Crippen molar-refractivity contribution in [1.29, 1.82) is 0 Å². The van der Waals surface area contributed by atoms with Gasteiger partial charge in [0.25, 0.3) is 5.91 Å². The Bertz CT molecular complexity index is 1080. The van der Waals surface area contributed by atoms with Gasteiger partial charge in [-0.25, -0.2) is 0 Å². The molecule has 0 unspecified atom stereocenters. The first-order valence-electron chi connectivity index (χ1n) is 7.92. The lowest BCUT2D eigenvalue weighted by molar-refractivity contribution is 0.0952. The van der Waals surface area contributed by atoms with Gasteiger partial charge in [-0.15, -0.1) is 11.3 Å². The predicted molar refractivity (Wildman–Crippen MR) is 110 cm³/mol. The molecule has 0 aliphatic heterocycles. The average molecular weight is 447 g/mol. The lowest BCUT2D eigenvalue weighted by atomic mass is 10.2. The van der Waals surface area contributed by atoms with Gasteiger partial charge in [-0.05, 0) is 30.3 Å². The summed E-state index contributed by atoms with van der Waals surface area (Å²) in [5.74, 6) is 1.26. The molecule has 0 atom stereocenters. The van der Waals surface area contributed by atoms with Gasteiger partial charge in [0.05, 0.1) is 11.6 Å². The highest BCUT2D eigenvalue weighted by Crippen LogP contribution is 2.35. The van der Waals surface area contributed by atoms with E-state index in [0.29, 0.717) is 22.2 Å². The van der Waals surface area contributed by atoms with Crippen LogP contribution in [0.15, 0.2) is 69.6 Å². The molecule has 0 saturated heterocycles. The predicted octanol–water partition coefficient (Wildman–Crippen LogP) is 6.51. The fourth-order valence-corrected chi connectivity index (χ4v) is 4.35. The van der Waals surface area contributed by atoms with E-state index in [4.69, 9.17) is 16.0 Å². The van der Waals surface area contributed by atoms with E-state index in [-0.39, 0.29) is 5.91 Å². The van der Waals surface area contributed by atoms with E-state index in [1.807, 2.05) is 60.7 Å². The second kappa shape index (κ2) is 7.27. The summed E-state index contributed by atoms with van der Waals surface area (Å²) in [7, 11) is 0. The first kappa shape index (κ1) is 17.3. The molecular weight excluding hydrogens is 434 g/mol. The second-order valence-electron chi connectivity index (χ2n) is 5.70. The Hall–Kier alpha value is -2.08. The van der Waals surface area contributed by atoms with E-state index in [2.05, 4.69) is 21.2 Å². The fourth-order valence-electron chi connectivity index (χ4n) is 2.65. The number of carbonyl (C=O) groups is 1. The second-order valence-corrected chi connectivity index (χ2v) is 8.04. The standard InChI is InChI=1S/C20H13BrClNO2S/c21-13-7-5-12(6-8-13)16-10-9-14(25-16)11-23-20(24)19-18(22)15-3-1-2-4-17(15)26-19/h1-10H,11H2,(H,23,24). The minimum Gasteiger partial charge on any atom is -0.459 e. The van der Waals surface area contributed by atoms with Crippen LogP contribution in [0.2, 0.25) is 5.02 Å². The highest BCUT2D eigenvalue weighted by Gasteiger charge is 2.17. The molecule has 0 spiro atoms. The third-order valence-electron chi connectivity index (χ3n) is 3.95. The molecule has 2 aromatic carbocycles. The molecule has 6 heteroatoms. The number of rotatable bonds is 4. The van der Waals surface area contributed by atoms with Gasteiger partial charge in [-0.2, -0.15) is 0 Å². The van der Waals surface area contributed by atoms with Crippen LogP contribution in [0.1, 0.15) is 15.4 Å². The Balaban J connectivity index is 1.47. The summed E-state index contributed by atoms with van der Waals surface area (Å²) in [6, 6.07) is 19.4. The summed E-state index contributed by atoms with van der Waals surface area (Å²) in [4.78, 5) is 13.0. The van der Waals surface area contributed by atoms with E-state index in [1.54, 1.807) is 0 Å². The van der Waals surface area contributed by atoms with Crippen LogP contribution in [0.3, 0.4) is 0 Å². The smallest absolute Gasteiger partial charge is 0.263 e. The van der Waals surface area contributed by atoms with Crippen LogP contribution in [0.25, 0.3) is 21.4 Å². The largest absolute Gasteiger partial charge is 0.459 e. The lowest BCUT2D eigenvalue weighted by Gasteiger charge is -2.02. The van der Waals surface area contributed by atoms with Crippen molar-refractivity contribution >= 4 is 54.9 Å². The molecule has 0 saturated carbocycles. The molecule has 4 rings (SSSR count). The molecule has 1 N–H and O–H groups in total. The van der Waals surface area contributed by atoms with Crippen molar-refractivity contribution in [2.75, 3.05) is 0 Å². The number of furan rings is 1. The number of nitrogens with one attached hydrogen (secondary N) is 1. The van der Waals surface area contributed by atoms with Crippen LogP contribution < -0.4 is 5.32 Å². The van der Waals surface area contributed by atoms with Crippen LogP contribution >= 0.6 is 38.9 Å². The SMILES string of the molecule is O=C(NCc1ccc(-c2ccc(Br)cc2)o1)c1sc2ccccc2c1Cl. The Kier molecular flexibility index (Phi) is 4.85. The number of hydrogen-bond donors (Lipinski definition) is 1. The Morgan fingerprint density at radius 3 is 2.62 bits per heavy atom. The first-order chi connectivity index (χ1) is 12.6. The number of halogens is 2. The molecule has 4 aromatic rings. The van der Waals surface area contributed by atoms with Gasteiger partial charge in [0.15, 0.2) is 0 Å². The zero-order valence-electron chi connectivity index (χ0n) is 13.5. The fraction of sp³-hybridized carbons (Fsp3) is 0.0500. The molecule has 0 bridgehead atoms. The monoisotopic (exact) mass is 445 g/mol. The van der Waals surface area contributed by atoms with Gasteiger partial charge in [-0.3, -0.25) is 4.79 Å². The minimum absolute atomic E-state index is 0.196. The van der Waals surface area contributed by atoms with Gasteiger partial charge in [-0.1, -0.05) is 57.9 Å². The topological polar surface area (TPSA) is 42.2 Å². The maximum absolute atomic E-state index is 12.5. The zero-order valence-corrected chi connectivity index (χ0v) is 16.6. The van der Waals surface area contributed by atoms with Crippen molar-refractivity contribution in [2.45, 2.75) is 6.54 Å². The molecule has 0 aliphatic carbocycles. The third-order valence-corrected chi connectivity index (χ3v) is 6.16. The zero-order chi connectivity index (χ0) is 18.1. The van der Waals surface area contributed by atoms with Crippen LogP contribution in [0, 0.1) is 0 Å². The Morgan fingerprint density at radius 1 is 1.08 bits per heavy atom. The van der Waals surface area contributed by atoms with Crippen molar-refractivity contribution in [1.82, 2.24) is 5.32 Å². The summed E-state index contributed by atoms with van der Waals surface area (Å²) < 4.78 is 7.84. The number of fused-ring (bicyclic) bond motifs is 1. The minimum atomic E-state index is -0.196. The van der Waals surface area contributed by atoms with Gasteiger partial charge < -0.3 is 9.73 Å². The summed E-state index contributed by atoms with van der Waals surface area (Å²) in [6.45, 7) is 0.305. The maximum Gasteiger partial charge on any atom is 0.263 e. The highest BCUT2D eigenvalue weighted by molar-refractivity contribution is 9.10. The molecule has 1 amide bonds. The maximum atomic E-state index is 12.5. The van der Waals surface area contributed by atoms with Gasteiger partial charge >= 0.3 is 0 Å². The molecule has 0 aliphatic rings. The quantitative estimate of drug-likeness (QED) is 0.388. The molecular formula is C20H13BrClNO2S. The van der Waals surface area contributed by atoms with Crippen LogP contribution in [0.4, 0.5) is 0 Å². The summed E-state index contributed by atoms with van der Waals surface area (Å²) in [5, 5.41) is 4.28. The number of amides is 1. The van der Waals surface area contributed by atoms with E-state index in [0.717, 1.165) is 25.9 Å². The van der Waals surface area contributed by atoms with E-state index in [9.17, 15) is 4.79 Å². The molecule has 0 radical (unpaired) electrons. The van der Waals surface area contributed by atoms with Gasteiger partial charge in [0.1, 0.15) is 16.4 Å². The van der Waals surface area contributed by atoms with Crippen molar-refractivity contribution in [3.05, 3.63) is 80.8 Å². The number of benzene rings is 2. The highest BCUT2D eigenvalue weighted by atomic mass is 79.9. The van der Waals surface area contributed by atoms with Crippen molar-refractivity contribution < 1.29 is 9.21 Å². The van der Waals surface area contributed by atoms with Crippen molar-refractivity contribution in [3.63, 3.8) is 0 Å². The molecule has 0 fully saturated rings. The van der Waals surface area contributed by atoms with E-state index < -0.39 is 0 Å². The summed E-state index contributed by atoms with van der Waals surface area (Å²) in [5.41, 5.74) is 0.985. The number of hydrogen-bond acceptors (Lipinski definition) is 3. The first-order valence-corrected chi connectivity index (χ1v) is 9.90. The lowest BCUT2D eigenvalue weighted by Crippen LogP contribution is -2.21. The molecule has 3 nitrogen and oxygen atoms in total. The number of carbonyl (C=O) groups excluding carboxylic acids is 1. The molecule has 26 heavy (non-hydrogen) atoms. The van der Waals surface area contributed by atoms with Crippen LogP contribution in [-0.2, 0) is 6.54 Å². The van der Waals surface area contributed by atoms with Crippen molar-refractivity contribution in [3.8, 4) is 11.3 Å².